The average Bonchev–Trinajstić information content (AvgIpc) is 2.48. The van der Waals surface area contributed by atoms with Crippen molar-refractivity contribution in [2.24, 2.45) is 10.6 Å². The molecule has 0 fully saturated rings. The molecule has 0 radical (unpaired) electrons. The third kappa shape index (κ3) is 6.08. The maximum absolute atomic E-state index is 11.8. The maximum atomic E-state index is 11.8. The molecule has 25 heavy (non-hydrogen) atoms. The lowest BCUT2D eigenvalue weighted by Gasteiger charge is -2.22. The fourth-order valence-electron chi connectivity index (χ4n) is 2.05. The Morgan fingerprint density at radius 2 is 1.64 bits per heavy atom. The first-order valence-corrected chi connectivity index (χ1v) is 8.82. The van der Waals surface area contributed by atoms with Crippen LogP contribution in [0.5, 0.6) is 0 Å². The third-order valence-corrected chi connectivity index (χ3v) is 3.57. The van der Waals surface area contributed by atoms with Gasteiger partial charge < -0.3 is 15.2 Å². The quantitative estimate of drug-likeness (QED) is 0.560. The van der Waals surface area contributed by atoms with Crippen LogP contribution in [-0.4, -0.2) is 15.3 Å². The van der Waals surface area contributed by atoms with Crippen molar-refractivity contribution >= 4 is 28.3 Å². The van der Waals surface area contributed by atoms with Gasteiger partial charge in [-0.2, -0.15) is 0 Å². The Kier molecular flexibility index (Phi) is 7.04. The summed E-state index contributed by atoms with van der Waals surface area (Å²) >= 11 is -2.36. The third-order valence-electron chi connectivity index (χ3n) is 3.57. The van der Waals surface area contributed by atoms with Gasteiger partial charge in [0.15, 0.2) is 0 Å². The Morgan fingerprint density at radius 3 is 2.16 bits per heavy atom. The highest BCUT2D eigenvalue weighted by molar-refractivity contribution is 7.76. The molecule has 0 spiro atoms. The molecule has 0 bridgehead atoms. The second-order valence-corrected chi connectivity index (χ2v) is 7.48. The molecule has 8 heteroatoms. The van der Waals surface area contributed by atoms with Crippen molar-refractivity contribution in [1.29, 1.82) is 0 Å². The van der Waals surface area contributed by atoms with Crippen LogP contribution < -0.4 is 26.6 Å². The molecule has 0 aliphatic heterocycles. The van der Waals surface area contributed by atoms with Crippen LogP contribution in [0.2, 0.25) is 0 Å². The van der Waals surface area contributed by atoms with Crippen LogP contribution in [0.15, 0.2) is 27.8 Å². The summed E-state index contributed by atoms with van der Waals surface area (Å²) in [5.74, 6) is 0. The van der Waals surface area contributed by atoms with Gasteiger partial charge in [-0.15, -0.1) is 0 Å². The predicted octanol–water partition coefficient (Wildman–Crippen LogP) is 1.84. The number of nitrogens with one attached hydrogen (secondary N) is 2. The van der Waals surface area contributed by atoms with Crippen molar-refractivity contribution < 1.29 is 8.76 Å². The lowest BCUT2D eigenvalue weighted by atomic mass is 9.96. The zero-order chi connectivity index (χ0) is 19.4. The number of nitrogens with two attached hydrogens (primary N) is 1. The molecule has 0 amide bonds. The predicted molar refractivity (Wildman–Crippen MR) is 102 cm³/mol. The SMILES string of the molecule is Cc1cccc(Nc2c(NCC(C)(C)C)c(=O)c2=O)c1C.NS(=O)[O-]. The van der Waals surface area contributed by atoms with Crippen molar-refractivity contribution in [2.75, 3.05) is 17.2 Å². The first kappa shape index (κ1) is 21.0. The Morgan fingerprint density at radius 1 is 1.12 bits per heavy atom. The molecule has 138 valence electrons. The minimum absolute atomic E-state index is 0.0380. The zero-order valence-corrected chi connectivity index (χ0v) is 15.9. The minimum Gasteiger partial charge on any atom is -0.760 e. The molecule has 0 saturated heterocycles. The van der Waals surface area contributed by atoms with Crippen molar-refractivity contribution in [3.05, 3.63) is 49.8 Å². The summed E-state index contributed by atoms with van der Waals surface area (Å²) in [5.41, 5.74) is 3.00. The highest BCUT2D eigenvalue weighted by Crippen LogP contribution is 2.26. The Hall–Kier alpha value is -2.03. The van der Waals surface area contributed by atoms with Gasteiger partial charge in [-0.3, -0.25) is 18.9 Å². The molecule has 4 N–H and O–H groups in total. The maximum Gasteiger partial charge on any atom is 0.253 e. The van der Waals surface area contributed by atoms with Gasteiger partial charge in [-0.1, -0.05) is 32.9 Å². The van der Waals surface area contributed by atoms with E-state index >= 15 is 0 Å². The van der Waals surface area contributed by atoms with E-state index in [4.69, 9.17) is 8.76 Å². The van der Waals surface area contributed by atoms with E-state index in [2.05, 4.69) is 36.5 Å². The van der Waals surface area contributed by atoms with Gasteiger partial charge in [0, 0.05) is 23.5 Å². The average molecular weight is 366 g/mol. The molecule has 0 aliphatic carbocycles. The van der Waals surface area contributed by atoms with Gasteiger partial charge in [-0.25, -0.2) is 0 Å². The first-order valence-electron chi connectivity index (χ1n) is 7.68. The van der Waals surface area contributed by atoms with E-state index in [0.717, 1.165) is 16.8 Å². The second-order valence-electron chi connectivity index (χ2n) is 6.96. The van der Waals surface area contributed by atoms with Crippen LogP contribution in [-0.2, 0) is 11.3 Å². The standard InChI is InChI=1S/C17H22N2O2.H3NO2S/c1-10-7-6-8-12(11(10)2)19-14-13(15(20)16(14)21)18-9-17(3,4)5;1-4(2)3/h6-8,18-19H,9H2,1-5H3;1H2,(H,2,3)/p-1. The largest absolute Gasteiger partial charge is 0.760 e. The van der Waals surface area contributed by atoms with Gasteiger partial charge in [0.1, 0.15) is 11.4 Å². The Labute approximate surface area is 149 Å². The van der Waals surface area contributed by atoms with Crippen LogP contribution in [0.25, 0.3) is 0 Å². The molecule has 0 heterocycles. The van der Waals surface area contributed by atoms with Gasteiger partial charge in [0.05, 0.1) is 0 Å². The molecule has 2 rings (SSSR count). The molecule has 0 aromatic heterocycles. The number of anilines is 3. The monoisotopic (exact) mass is 366 g/mol. The van der Waals surface area contributed by atoms with Gasteiger partial charge in [0.25, 0.3) is 10.9 Å². The molecule has 2 aromatic carbocycles. The highest BCUT2D eigenvalue weighted by atomic mass is 32.2. The van der Waals surface area contributed by atoms with Crippen LogP contribution >= 0.6 is 0 Å². The Bertz CT molecular complexity index is 829. The van der Waals surface area contributed by atoms with Crippen molar-refractivity contribution in [1.82, 2.24) is 0 Å². The smallest absolute Gasteiger partial charge is 0.253 e. The molecule has 1 atom stereocenters. The summed E-state index contributed by atoms with van der Waals surface area (Å²) in [6.07, 6.45) is 0. The summed E-state index contributed by atoms with van der Waals surface area (Å²) in [7, 11) is 0. The molecular formula is C17H24N3O4S-. The second kappa shape index (κ2) is 8.37. The van der Waals surface area contributed by atoms with E-state index in [0.29, 0.717) is 17.9 Å². The van der Waals surface area contributed by atoms with Crippen LogP contribution in [0.4, 0.5) is 17.1 Å². The van der Waals surface area contributed by atoms with Gasteiger partial charge >= 0.3 is 0 Å². The molecule has 1 unspecified atom stereocenters. The van der Waals surface area contributed by atoms with E-state index in [-0.39, 0.29) is 5.41 Å². The summed E-state index contributed by atoms with van der Waals surface area (Å²) in [6.45, 7) is 10.9. The van der Waals surface area contributed by atoms with E-state index in [1.54, 1.807) is 0 Å². The summed E-state index contributed by atoms with van der Waals surface area (Å²) in [4.78, 5) is 23.5. The summed E-state index contributed by atoms with van der Waals surface area (Å²) < 4.78 is 17.6. The number of aryl methyl sites for hydroxylation is 1. The molecule has 2 aromatic rings. The first-order chi connectivity index (χ1) is 11.4. The van der Waals surface area contributed by atoms with Crippen molar-refractivity contribution in [3.63, 3.8) is 0 Å². The molecule has 0 aliphatic rings. The van der Waals surface area contributed by atoms with E-state index < -0.39 is 22.1 Å². The zero-order valence-electron chi connectivity index (χ0n) is 15.1. The van der Waals surface area contributed by atoms with Gasteiger partial charge in [-0.05, 0) is 36.5 Å². The van der Waals surface area contributed by atoms with E-state index in [1.807, 2.05) is 32.0 Å². The molecule has 0 saturated carbocycles. The van der Waals surface area contributed by atoms with E-state index in [9.17, 15) is 9.59 Å². The fourth-order valence-corrected chi connectivity index (χ4v) is 2.05. The van der Waals surface area contributed by atoms with Crippen molar-refractivity contribution in [3.8, 4) is 0 Å². The van der Waals surface area contributed by atoms with Crippen LogP contribution in [0, 0.1) is 19.3 Å². The minimum atomic E-state index is -2.36. The molecular weight excluding hydrogens is 342 g/mol. The number of benzene rings is 1. The fraction of sp³-hybridized carbons (Fsp3) is 0.412. The lowest BCUT2D eigenvalue weighted by Crippen LogP contribution is -2.38. The van der Waals surface area contributed by atoms with Crippen LogP contribution in [0.3, 0.4) is 0 Å². The summed E-state index contributed by atoms with van der Waals surface area (Å²) in [6, 6.07) is 5.85. The Balaban J connectivity index is 0.000000705. The van der Waals surface area contributed by atoms with Crippen LogP contribution in [0.1, 0.15) is 31.9 Å². The normalized spacial score (nSPS) is 12.3. The van der Waals surface area contributed by atoms with E-state index in [1.165, 1.54) is 0 Å². The van der Waals surface area contributed by atoms with Crippen molar-refractivity contribution in [2.45, 2.75) is 34.6 Å². The van der Waals surface area contributed by atoms with Gasteiger partial charge in [0.2, 0.25) is 0 Å². The summed E-state index contributed by atoms with van der Waals surface area (Å²) in [5, 5.41) is 10.2. The lowest BCUT2D eigenvalue weighted by molar-refractivity contribution is 0.443. The number of hydrogen-bond acceptors (Lipinski definition) is 6. The number of hydrogen-bond donors (Lipinski definition) is 3. The highest BCUT2D eigenvalue weighted by Gasteiger charge is 2.23. The topological polar surface area (TPSA) is 124 Å². The molecule has 7 nitrogen and oxygen atoms in total. The number of rotatable bonds is 4.